The average Bonchev–Trinajstić information content (AvgIpc) is 2.37. The highest BCUT2D eigenvalue weighted by Gasteiger charge is 2.18. The van der Waals surface area contributed by atoms with Crippen LogP contribution < -0.4 is 4.74 Å². The summed E-state index contributed by atoms with van der Waals surface area (Å²) in [7, 11) is 1.64. The maximum absolute atomic E-state index is 10.4. The highest BCUT2D eigenvalue weighted by molar-refractivity contribution is 5.35. The van der Waals surface area contributed by atoms with E-state index in [4.69, 9.17) is 4.74 Å². The quantitative estimate of drug-likeness (QED) is 0.809. The summed E-state index contributed by atoms with van der Waals surface area (Å²) in [5, 5.41) is 10.4. The molecule has 0 aromatic heterocycles. The van der Waals surface area contributed by atoms with E-state index in [0.717, 1.165) is 24.3 Å². The molecule has 1 aromatic carbocycles. The number of aliphatic hydroxyl groups excluding tert-OH is 1. The SMILES string of the molecule is CCCN(CC(O)c1ccccc1OC)C(C)C. The van der Waals surface area contributed by atoms with Crippen LogP contribution in [0.1, 0.15) is 38.9 Å². The molecule has 1 N–H and O–H groups in total. The molecule has 0 spiro atoms. The van der Waals surface area contributed by atoms with E-state index >= 15 is 0 Å². The summed E-state index contributed by atoms with van der Waals surface area (Å²) < 4.78 is 5.29. The lowest BCUT2D eigenvalue weighted by atomic mass is 10.1. The van der Waals surface area contributed by atoms with E-state index in [9.17, 15) is 5.11 Å². The Morgan fingerprint density at radius 3 is 2.50 bits per heavy atom. The molecule has 3 nitrogen and oxygen atoms in total. The second-order valence-electron chi connectivity index (χ2n) is 4.85. The van der Waals surface area contributed by atoms with Crippen molar-refractivity contribution in [2.24, 2.45) is 0 Å². The van der Waals surface area contributed by atoms with E-state index in [0.29, 0.717) is 12.6 Å². The summed E-state index contributed by atoms with van der Waals surface area (Å²) in [6.45, 7) is 8.12. The fourth-order valence-corrected chi connectivity index (χ4v) is 2.11. The molecule has 1 atom stereocenters. The van der Waals surface area contributed by atoms with Crippen LogP contribution in [0, 0.1) is 0 Å². The van der Waals surface area contributed by atoms with Gasteiger partial charge in [-0.05, 0) is 32.9 Å². The van der Waals surface area contributed by atoms with E-state index < -0.39 is 6.10 Å². The standard InChI is InChI=1S/C15H25NO2/c1-5-10-16(12(2)3)11-14(17)13-8-6-7-9-15(13)18-4/h6-9,12,14,17H,5,10-11H2,1-4H3. The number of ether oxygens (including phenoxy) is 1. The van der Waals surface area contributed by atoms with Crippen LogP contribution in [-0.4, -0.2) is 36.2 Å². The van der Waals surface area contributed by atoms with E-state index in [1.807, 2.05) is 24.3 Å². The zero-order valence-electron chi connectivity index (χ0n) is 11.9. The normalized spacial score (nSPS) is 13.1. The second kappa shape index (κ2) is 7.39. The van der Waals surface area contributed by atoms with Crippen LogP contribution >= 0.6 is 0 Å². The molecule has 0 aliphatic heterocycles. The van der Waals surface area contributed by atoms with Gasteiger partial charge in [-0.1, -0.05) is 25.1 Å². The third-order valence-electron chi connectivity index (χ3n) is 3.15. The molecule has 0 amide bonds. The van der Waals surface area contributed by atoms with Gasteiger partial charge in [0.25, 0.3) is 0 Å². The molecule has 0 aliphatic rings. The number of nitrogens with zero attached hydrogens (tertiary/aromatic N) is 1. The maximum Gasteiger partial charge on any atom is 0.124 e. The van der Waals surface area contributed by atoms with E-state index in [2.05, 4.69) is 25.7 Å². The van der Waals surface area contributed by atoms with Crippen LogP contribution in [0.2, 0.25) is 0 Å². The van der Waals surface area contributed by atoms with Crippen LogP contribution in [0.5, 0.6) is 5.75 Å². The van der Waals surface area contributed by atoms with E-state index in [1.54, 1.807) is 7.11 Å². The molecule has 0 saturated heterocycles. The van der Waals surface area contributed by atoms with Gasteiger partial charge in [0.15, 0.2) is 0 Å². The fraction of sp³-hybridized carbons (Fsp3) is 0.600. The molecule has 18 heavy (non-hydrogen) atoms. The van der Waals surface area contributed by atoms with Gasteiger partial charge < -0.3 is 9.84 Å². The monoisotopic (exact) mass is 251 g/mol. The van der Waals surface area contributed by atoms with Crippen LogP contribution in [0.15, 0.2) is 24.3 Å². The molecule has 0 heterocycles. The van der Waals surface area contributed by atoms with Gasteiger partial charge in [-0.15, -0.1) is 0 Å². The van der Waals surface area contributed by atoms with E-state index in [-0.39, 0.29) is 0 Å². The first kappa shape index (κ1) is 15.0. The van der Waals surface area contributed by atoms with Gasteiger partial charge in [0.05, 0.1) is 13.2 Å². The number of para-hydroxylation sites is 1. The Kier molecular flexibility index (Phi) is 6.16. The van der Waals surface area contributed by atoms with Crippen molar-refractivity contribution in [2.45, 2.75) is 39.3 Å². The van der Waals surface area contributed by atoms with Gasteiger partial charge in [0.2, 0.25) is 0 Å². The Bertz CT molecular complexity index is 352. The molecule has 0 bridgehead atoms. The first-order valence-electron chi connectivity index (χ1n) is 6.65. The molecular weight excluding hydrogens is 226 g/mol. The molecule has 1 rings (SSSR count). The van der Waals surface area contributed by atoms with Crippen molar-refractivity contribution in [2.75, 3.05) is 20.2 Å². The number of hydrogen-bond donors (Lipinski definition) is 1. The predicted octanol–water partition coefficient (Wildman–Crippen LogP) is 2.85. The number of rotatable bonds is 7. The van der Waals surface area contributed by atoms with Crippen molar-refractivity contribution in [1.82, 2.24) is 4.90 Å². The van der Waals surface area contributed by atoms with Crippen molar-refractivity contribution in [3.8, 4) is 5.75 Å². The number of benzene rings is 1. The summed E-state index contributed by atoms with van der Waals surface area (Å²) in [5.41, 5.74) is 0.863. The van der Waals surface area contributed by atoms with Crippen molar-refractivity contribution < 1.29 is 9.84 Å². The van der Waals surface area contributed by atoms with Crippen LogP contribution in [-0.2, 0) is 0 Å². The topological polar surface area (TPSA) is 32.7 Å². The number of aliphatic hydroxyl groups is 1. The molecule has 1 unspecified atom stereocenters. The minimum absolute atomic E-state index is 0.439. The number of methoxy groups -OCH3 is 1. The lowest BCUT2D eigenvalue weighted by Gasteiger charge is -2.28. The van der Waals surface area contributed by atoms with Gasteiger partial charge in [-0.25, -0.2) is 0 Å². The first-order valence-corrected chi connectivity index (χ1v) is 6.65. The van der Waals surface area contributed by atoms with Gasteiger partial charge in [-0.3, -0.25) is 4.90 Å². The minimum atomic E-state index is -0.505. The van der Waals surface area contributed by atoms with Crippen molar-refractivity contribution in [3.05, 3.63) is 29.8 Å². The average molecular weight is 251 g/mol. The Morgan fingerprint density at radius 2 is 1.94 bits per heavy atom. The van der Waals surface area contributed by atoms with Crippen molar-refractivity contribution in [3.63, 3.8) is 0 Å². The van der Waals surface area contributed by atoms with Crippen molar-refractivity contribution in [1.29, 1.82) is 0 Å². The highest BCUT2D eigenvalue weighted by atomic mass is 16.5. The Labute approximate surface area is 110 Å². The molecule has 3 heteroatoms. The molecular formula is C15H25NO2. The van der Waals surface area contributed by atoms with Gasteiger partial charge in [-0.2, -0.15) is 0 Å². The Morgan fingerprint density at radius 1 is 1.28 bits per heavy atom. The van der Waals surface area contributed by atoms with Gasteiger partial charge in [0, 0.05) is 18.2 Å². The van der Waals surface area contributed by atoms with Crippen LogP contribution in [0.4, 0.5) is 0 Å². The van der Waals surface area contributed by atoms with Crippen molar-refractivity contribution >= 4 is 0 Å². The molecule has 1 aromatic rings. The van der Waals surface area contributed by atoms with Crippen LogP contribution in [0.25, 0.3) is 0 Å². The Balaban J connectivity index is 2.76. The third-order valence-corrected chi connectivity index (χ3v) is 3.15. The lowest BCUT2D eigenvalue weighted by molar-refractivity contribution is 0.0936. The predicted molar refractivity (Wildman–Crippen MR) is 75.0 cm³/mol. The smallest absolute Gasteiger partial charge is 0.124 e. The Hall–Kier alpha value is -1.06. The molecule has 0 aliphatic carbocycles. The first-order chi connectivity index (χ1) is 8.60. The minimum Gasteiger partial charge on any atom is -0.496 e. The summed E-state index contributed by atoms with van der Waals surface area (Å²) in [6.07, 6.45) is 0.590. The lowest BCUT2D eigenvalue weighted by Crippen LogP contribution is -2.35. The van der Waals surface area contributed by atoms with E-state index in [1.165, 1.54) is 0 Å². The maximum atomic E-state index is 10.4. The highest BCUT2D eigenvalue weighted by Crippen LogP contribution is 2.25. The fourth-order valence-electron chi connectivity index (χ4n) is 2.11. The molecule has 0 saturated carbocycles. The summed E-state index contributed by atoms with van der Waals surface area (Å²) >= 11 is 0. The van der Waals surface area contributed by atoms with Crippen LogP contribution in [0.3, 0.4) is 0 Å². The summed E-state index contributed by atoms with van der Waals surface area (Å²) in [4.78, 5) is 2.29. The molecule has 0 fully saturated rings. The largest absolute Gasteiger partial charge is 0.496 e. The third kappa shape index (κ3) is 4.00. The molecule has 0 radical (unpaired) electrons. The second-order valence-corrected chi connectivity index (χ2v) is 4.85. The molecule has 102 valence electrons. The van der Waals surface area contributed by atoms with Gasteiger partial charge >= 0.3 is 0 Å². The zero-order valence-corrected chi connectivity index (χ0v) is 11.9. The van der Waals surface area contributed by atoms with Gasteiger partial charge in [0.1, 0.15) is 5.75 Å². The zero-order chi connectivity index (χ0) is 13.5. The number of hydrogen-bond acceptors (Lipinski definition) is 3. The summed E-state index contributed by atoms with van der Waals surface area (Å²) in [6, 6.07) is 8.10. The summed E-state index contributed by atoms with van der Waals surface area (Å²) in [5.74, 6) is 0.755.